The third kappa shape index (κ3) is 3.95. The number of benzene rings is 7. The molecule has 3 aromatic heterocycles. The molecule has 10 aromatic rings. The average molecular weight is 669 g/mol. The number of rotatable bonds is 3. The molecule has 11 rings (SSSR count). The quantitative estimate of drug-likeness (QED) is 0.176. The molecule has 0 aliphatic carbocycles. The standard InChI is InChI=1S/C46H32N4Si/c1-51(2)42-28-30-15-7-6-14-29(30)26-37(42)44-45(51)43(47-46(48-44)50-39-22-12-8-18-33(39)34-19-9-13-23-40(34)50)31-24-25-41-36(27-31)35-20-10-11-21-38(35)49(41)32-16-4-3-5-17-32/h3-28H,1-2H3. The summed E-state index contributed by atoms with van der Waals surface area (Å²) in [5.74, 6) is 0.707. The molecule has 4 nitrogen and oxygen atoms in total. The lowest BCUT2D eigenvalue weighted by molar-refractivity contribution is 1.00. The maximum atomic E-state index is 5.64. The first kappa shape index (κ1) is 28.5. The second-order valence-electron chi connectivity index (χ2n) is 14.3. The van der Waals surface area contributed by atoms with Crippen LogP contribution in [-0.2, 0) is 0 Å². The van der Waals surface area contributed by atoms with Crippen LogP contribution in [0.1, 0.15) is 0 Å². The van der Waals surface area contributed by atoms with Gasteiger partial charge in [-0.25, -0.2) is 9.97 Å². The van der Waals surface area contributed by atoms with Gasteiger partial charge in [0, 0.05) is 38.4 Å². The molecular weight excluding hydrogens is 637 g/mol. The lowest BCUT2D eigenvalue weighted by Gasteiger charge is -2.22. The summed E-state index contributed by atoms with van der Waals surface area (Å²) in [5.41, 5.74) is 10.2. The zero-order chi connectivity index (χ0) is 33.8. The maximum Gasteiger partial charge on any atom is 0.235 e. The Morgan fingerprint density at radius 1 is 0.451 bits per heavy atom. The Labute approximate surface area is 295 Å². The number of hydrogen-bond donors (Lipinski definition) is 0. The van der Waals surface area contributed by atoms with E-state index in [1.807, 2.05) is 0 Å². The van der Waals surface area contributed by atoms with Gasteiger partial charge in [0.25, 0.3) is 0 Å². The van der Waals surface area contributed by atoms with Crippen LogP contribution in [0, 0.1) is 0 Å². The molecule has 0 amide bonds. The van der Waals surface area contributed by atoms with Crippen molar-refractivity contribution in [1.82, 2.24) is 19.1 Å². The maximum absolute atomic E-state index is 5.64. The summed E-state index contributed by atoms with van der Waals surface area (Å²) in [6.07, 6.45) is 0. The van der Waals surface area contributed by atoms with E-state index < -0.39 is 8.07 Å². The number of fused-ring (bicyclic) bond motifs is 10. The van der Waals surface area contributed by atoms with Gasteiger partial charge >= 0.3 is 0 Å². The topological polar surface area (TPSA) is 35.6 Å². The minimum Gasteiger partial charge on any atom is -0.309 e. The highest BCUT2D eigenvalue weighted by molar-refractivity contribution is 7.04. The Bertz CT molecular complexity index is 3010. The summed E-state index contributed by atoms with van der Waals surface area (Å²) in [6.45, 7) is 4.94. The first-order valence-electron chi connectivity index (χ1n) is 17.6. The minimum absolute atomic E-state index is 0.707. The van der Waals surface area contributed by atoms with Gasteiger partial charge in [0.2, 0.25) is 5.95 Å². The van der Waals surface area contributed by atoms with Crippen molar-refractivity contribution in [1.29, 1.82) is 0 Å². The van der Waals surface area contributed by atoms with E-state index in [2.05, 4.69) is 180 Å². The molecule has 1 aliphatic heterocycles. The van der Waals surface area contributed by atoms with Crippen LogP contribution in [0.25, 0.3) is 88.5 Å². The van der Waals surface area contributed by atoms with Gasteiger partial charge in [-0.05, 0) is 69.7 Å². The van der Waals surface area contributed by atoms with Crippen molar-refractivity contribution in [3.05, 3.63) is 158 Å². The highest BCUT2D eigenvalue weighted by Crippen LogP contribution is 2.39. The molecule has 4 heterocycles. The molecule has 0 spiro atoms. The van der Waals surface area contributed by atoms with Gasteiger partial charge in [-0.2, -0.15) is 0 Å². The normalized spacial score (nSPS) is 13.5. The zero-order valence-electron chi connectivity index (χ0n) is 28.3. The van der Waals surface area contributed by atoms with E-state index in [9.17, 15) is 0 Å². The Morgan fingerprint density at radius 3 is 1.67 bits per heavy atom. The molecule has 240 valence electrons. The van der Waals surface area contributed by atoms with Gasteiger partial charge in [0.05, 0.1) is 33.5 Å². The predicted octanol–water partition coefficient (Wildman–Crippen LogP) is 10.3. The summed E-state index contributed by atoms with van der Waals surface area (Å²) in [7, 11) is -2.25. The van der Waals surface area contributed by atoms with Crippen molar-refractivity contribution < 1.29 is 0 Å². The number of aromatic nitrogens is 4. The summed E-state index contributed by atoms with van der Waals surface area (Å²) in [6, 6.07) is 57.1. The van der Waals surface area contributed by atoms with Gasteiger partial charge in [-0.1, -0.05) is 122 Å². The zero-order valence-corrected chi connectivity index (χ0v) is 29.3. The largest absolute Gasteiger partial charge is 0.309 e. The SMILES string of the molecule is C[Si]1(C)c2cc3ccccc3cc2-c2nc(-n3c4ccccc4c4ccccc43)nc(-c3ccc4c(c3)c3ccccc3n4-c3ccccc3)c21. The molecular formula is C46H32N4Si. The van der Waals surface area contributed by atoms with E-state index in [0.717, 1.165) is 33.7 Å². The number of hydrogen-bond acceptors (Lipinski definition) is 2. The van der Waals surface area contributed by atoms with Crippen LogP contribution in [0.3, 0.4) is 0 Å². The Kier molecular flexibility index (Phi) is 5.79. The number of para-hydroxylation sites is 4. The Hall–Kier alpha value is -6.30. The second-order valence-corrected chi connectivity index (χ2v) is 18.5. The van der Waals surface area contributed by atoms with Crippen LogP contribution in [0.4, 0.5) is 0 Å². The molecule has 0 bridgehead atoms. The van der Waals surface area contributed by atoms with E-state index in [4.69, 9.17) is 9.97 Å². The number of nitrogens with zero attached hydrogens (tertiary/aromatic N) is 4. The lowest BCUT2D eigenvalue weighted by Crippen LogP contribution is -2.50. The summed E-state index contributed by atoms with van der Waals surface area (Å²) in [5, 5.41) is 10.1. The van der Waals surface area contributed by atoms with E-state index in [-0.39, 0.29) is 0 Å². The van der Waals surface area contributed by atoms with Crippen LogP contribution < -0.4 is 10.4 Å². The average Bonchev–Trinajstić information content (AvgIpc) is 3.77. The third-order valence-electron chi connectivity index (χ3n) is 11.1. The van der Waals surface area contributed by atoms with E-state index in [0.29, 0.717) is 5.95 Å². The fraction of sp³-hybridized carbons (Fsp3) is 0.0435. The third-order valence-corrected chi connectivity index (χ3v) is 14.6. The first-order valence-corrected chi connectivity index (χ1v) is 20.6. The van der Waals surface area contributed by atoms with Crippen LogP contribution in [0.2, 0.25) is 13.1 Å². The Morgan fingerprint density at radius 2 is 0.980 bits per heavy atom. The molecule has 0 radical (unpaired) electrons. The molecule has 0 fully saturated rings. The Balaban J connectivity index is 1.25. The van der Waals surface area contributed by atoms with Crippen molar-refractivity contribution in [3.8, 4) is 34.2 Å². The minimum atomic E-state index is -2.25. The van der Waals surface area contributed by atoms with Crippen molar-refractivity contribution in [2.45, 2.75) is 13.1 Å². The molecule has 0 atom stereocenters. The fourth-order valence-electron chi connectivity index (χ4n) is 8.75. The van der Waals surface area contributed by atoms with Crippen LogP contribution >= 0.6 is 0 Å². The van der Waals surface area contributed by atoms with Gasteiger partial charge in [-0.15, -0.1) is 0 Å². The van der Waals surface area contributed by atoms with Crippen molar-refractivity contribution in [3.63, 3.8) is 0 Å². The van der Waals surface area contributed by atoms with Crippen LogP contribution in [-0.4, -0.2) is 27.2 Å². The van der Waals surface area contributed by atoms with E-state index in [1.54, 1.807) is 0 Å². The van der Waals surface area contributed by atoms with Crippen LogP contribution in [0.15, 0.2) is 158 Å². The molecule has 0 saturated carbocycles. The molecule has 0 unspecified atom stereocenters. The summed E-state index contributed by atoms with van der Waals surface area (Å²) in [4.78, 5) is 11.2. The van der Waals surface area contributed by atoms with Gasteiger partial charge in [-0.3, -0.25) is 4.57 Å². The van der Waals surface area contributed by atoms with Crippen LogP contribution in [0.5, 0.6) is 0 Å². The van der Waals surface area contributed by atoms with Crippen molar-refractivity contribution >= 4 is 72.8 Å². The lowest BCUT2D eigenvalue weighted by atomic mass is 10.0. The first-order chi connectivity index (χ1) is 25.1. The highest BCUT2D eigenvalue weighted by Gasteiger charge is 2.42. The molecule has 7 aromatic carbocycles. The molecule has 0 saturated heterocycles. The fourth-order valence-corrected chi connectivity index (χ4v) is 12.0. The molecule has 1 aliphatic rings. The summed E-state index contributed by atoms with van der Waals surface area (Å²) >= 11 is 0. The molecule has 5 heteroatoms. The molecule has 51 heavy (non-hydrogen) atoms. The molecule has 0 N–H and O–H groups in total. The smallest absolute Gasteiger partial charge is 0.235 e. The predicted molar refractivity (Wildman–Crippen MR) is 216 cm³/mol. The van der Waals surface area contributed by atoms with Gasteiger partial charge < -0.3 is 4.57 Å². The monoisotopic (exact) mass is 668 g/mol. The van der Waals surface area contributed by atoms with E-state index in [1.165, 1.54) is 59.3 Å². The summed E-state index contributed by atoms with van der Waals surface area (Å²) < 4.78 is 4.64. The van der Waals surface area contributed by atoms with E-state index >= 15 is 0 Å². The van der Waals surface area contributed by atoms with Crippen molar-refractivity contribution in [2.75, 3.05) is 0 Å². The van der Waals surface area contributed by atoms with Gasteiger partial charge in [0.1, 0.15) is 8.07 Å². The highest BCUT2D eigenvalue weighted by atomic mass is 28.3. The van der Waals surface area contributed by atoms with Gasteiger partial charge in [0.15, 0.2) is 0 Å². The van der Waals surface area contributed by atoms with Crippen molar-refractivity contribution in [2.24, 2.45) is 0 Å². The second kappa shape index (κ2) is 10.4.